The van der Waals surface area contributed by atoms with E-state index < -0.39 is 5.97 Å². The molecule has 0 aromatic heterocycles. The third-order valence-electron chi connectivity index (χ3n) is 4.33. The van der Waals surface area contributed by atoms with E-state index in [9.17, 15) is 9.59 Å². The minimum absolute atomic E-state index is 0.0605. The Balaban J connectivity index is 1.53. The first-order chi connectivity index (χ1) is 10.6. The van der Waals surface area contributed by atoms with E-state index in [-0.39, 0.29) is 11.8 Å². The topological polar surface area (TPSA) is 69.6 Å². The zero-order valence-corrected chi connectivity index (χ0v) is 13.2. The second-order valence-electron chi connectivity index (χ2n) is 5.87. The summed E-state index contributed by atoms with van der Waals surface area (Å²) >= 11 is 1.58. The molecule has 1 aromatic carbocycles. The number of carboxylic acids is 1. The summed E-state index contributed by atoms with van der Waals surface area (Å²) in [7, 11) is 0. The number of carbonyl (C=O) groups is 2. The summed E-state index contributed by atoms with van der Waals surface area (Å²) in [6, 6.07) is 6.25. The molecule has 1 aromatic rings. The molecule has 0 aliphatic carbocycles. The number of hydrogen-bond donors (Lipinski definition) is 2. The van der Waals surface area contributed by atoms with E-state index in [4.69, 9.17) is 5.11 Å². The standard InChI is InChI=1S/C16H20N2O3S/c19-15-10-22-14-2-1-11(9-13(14)17-15)3-6-18-7-4-12(5-8-18)16(20)21/h1-2,9,12H,3-8,10H2,(H,17,19)(H,20,21). The van der Waals surface area contributed by atoms with Gasteiger partial charge in [0, 0.05) is 11.4 Å². The van der Waals surface area contributed by atoms with Crippen LogP contribution in [0.5, 0.6) is 0 Å². The summed E-state index contributed by atoms with van der Waals surface area (Å²) < 4.78 is 0. The second kappa shape index (κ2) is 6.71. The highest BCUT2D eigenvalue weighted by Crippen LogP contribution is 2.32. The average molecular weight is 320 g/mol. The van der Waals surface area contributed by atoms with Gasteiger partial charge >= 0.3 is 5.97 Å². The Morgan fingerprint density at radius 1 is 1.36 bits per heavy atom. The molecule has 0 atom stereocenters. The number of carboxylic acid groups (broad SMARTS) is 1. The fourth-order valence-corrected chi connectivity index (χ4v) is 3.77. The molecule has 1 amide bonds. The quantitative estimate of drug-likeness (QED) is 0.889. The molecule has 118 valence electrons. The number of amides is 1. The summed E-state index contributed by atoms with van der Waals surface area (Å²) in [5.74, 6) is -0.287. The van der Waals surface area contributed by atoms with Gasteiger partial charge in [-0.2, -0.15) is 0 Å². The van der Waals surface area contributed by atoms with Crippen molar-refractivity contribution in [2.75, 3.05) is 30.7 Å². The van der Waals surface area contributed by atoms with Crippen LogP contribution >= 0.6 is 11.8 Å². The number of aliphatic carboxylic acids is 1. The van der Waals surface area contributed by atoms with E-state index in [1.54, 1.807) is 11.8 Å². The van der Waals surface area contributed by atoms with Crippen LogP contribution in [0.15, 0.2) is 23.1 Å². The van der Waals surface area contributed by atoms with E-state index in [1.807, 2.05) is 0 Å². The van der Waals surface area contributed by atoms with Crippen molar-refractivity contribution in [2.45, 2.75) is 24.2 Å². The van der Waals surface area contributed by atoms with Crippen molar-refractivity contribution in [3.63, 3.8) is 0 Å². The zero-order chi connectivity index (χ0) is 15.5. The van der Waals surface area contributed by atoms with Crippen molar-refractivity contribution in [3.8, 4) is 0 Å². The Hall–Kier alpha value is -1.53. The van der Waals surface area contributed by atoms with Crippen LogP contribution in [0.4, 0.5) is 5.69 Å². The molecule has 22 heavy (non-hydrogen) atoms. The van der Waals surface area contributed by atoms with Crippen molar-refractivity contribution < 1.29 is 14.7 Å². The average Bonchev–Trinajstić information content (AvgIpc) is 2.53. The van der Waals surface area contributed by atoms with Gasteiger partial charge in [-0.1, -0.05) is 6.07 Å². The van der Waals surface area contributed by atoms with E-state index in [2.05, 4.69) is 28.4 Å². The molecule has 2 N–H and O–H groups in total. The van der Waals surface area contributed by atoms with Crippen LogP contribution in [0.25, 0.3) is 0 Å². The fraction of sp³-hybridized carbons (Fsp3) is 0.500. The minimum atomic E-state index is -0.664. The lowest BCUT2D eigenvalue weighted by molar-refractivity contribution is -0.143. The summed E-state index contributed by atoms with van der Waals surface area (Å²) in [6.45, 7) is 2.65. The molecule has 2 heterocycles. The number of carbonyl (C=O) groups excluding carboxylic acids is 1. The highest BCUT2D eigenvalue weighted by atomic mass is 32.2. The summed E-state index contributed by atoms with van der Waals surface area (Å²) in [6.07, 6.45) is 2.41. The number of nitrogens with zero attached hydrogens (tertiary/aromatic N) is 1. The lowest BCUT2D eigenvalue weighted by Crippen LogP contribution is -2.37. The number of hydrogen-bond acceptors (Lipinski definition) is 4. The van der Waals surface area contributed by atoms with Crippen LogP contribution in [-0.4, -0.2) is 47.3 Å². The van der Waals surface area contributed by atoms with Gasteiger partial charge in [0.15, 0.2) is 0 Å². The van der Waals surface area contributed by atoms with E-state index in [0.29, 0.717) is 5.75 Å². The van der Waals surface area contributed by atoms with Gasteiger partial charge in [0.1, 0.15) is 0 Å². The minimum Gasteiger partial charge on any atom is -0.481 e. The maximum atomic E-state index is 11.4. The van der Waals surface area contributed by atoms with Crippen LogP contribution in [-0.2, 0) is 16.0 Å². The molecule has 3 rings (SSSR count). The molecular formula is C16H20N2O3S. The maximum Gasteiger partial charge on any atom is 0.306 e. The Bertz CT molecular complexity index is 583. The lowest BCUT2D eigenvalue weighted by Gasteiger charge is -2.30. The van der Waals surface area contributed by atoms with Crippen molar-refractivity contribution in [1.29, 1.82) is 0 Å². The molecule has 0 radical (unpaired) electrons. The van der Waals surface area contributed by atoms with Gasteiger partial charge < -0.3 is 15.3 Å². The number of thioether (sulfide) groups is 1. The highest BCUT2D eigenvalue weighted by Gasteiger charge is 2.24. The van der Waals surface area contributed by atoms with E-state index in [1.165, 1.54) is 5.56 Å². The molecule has 0 bridgehead atoms. The van der Waals surface area contributed by atoms with Gasteiger partial charge in [0.25, 0.3) is 0 Å². The first-order valence-corrected chi connectivity index (χ1v) is 8.61. The Kier molecular flexibility index (Phi) is 4.69. The maximum absolute atomic E-state index is 11.4. The Labute approximate surface area is 134 Å². The molecule has 1 fully saturated rings. The van der Waals surface area contributed by atoms with Crippen molar-refractivity contribution in [1.82, 2.24) is 4.90 Å². The summed E-state index contributed by atoms with van der Waals surface area (Å²) in [5, 5.41) is 11.9. The molecule has 2 aliphatic heterocycles. The number of rotatable bonds is 4. The van der Waals surface area contributed by atoms with Crippen LogP contribution in [0.1, 0.15) is 18.4 Å². The second-order valence-corrected chi connectivity index (χ2v) is 6.89. The number of likely N-dealkylation sites (tertiary alicyclic amines) is 1. The van der Waals surface area contributed by atoms with Crippen molar-refractivity contribution in [2.24, 2.45) is 5.92 Å². The zero-order valence-electron chi connectivity index (χ0n) is 12.4. The molecule has 0 spiro atoms. The third-order valence-corrected chi connectivity index (χ3v) is 5.40. The van der Waals surface area contributed by atoms with Crippen molar-refractivity contribution >= 4 is 29.3 Å². The molecule has 0 unspecified atom stereocenters. The van der Waals surface area contributed by atoms with E-state index >= 15 is 0 Å². The van der Waals surface area contributed by atoms with Crippen LogP contribution in [0.2, 0.25) is 0 Å². The van der Waals surface area contributed by atoms with Gasteiger partial charge in [0.2, 0.25) is 5.91 Å². The normalized spacial score (nSPS) is 19.5. The molecule has 6 heteroatoms. The van der Waals surface area contributed by atoms with E-state index in [0.717, 1.165) is 49.5 Å². The van der Waals surface area contributed by atoms with Gasteiger partial charge in [-0.05, 0) is 50.0 Å². The molecule has 2 aliphatic rings. The SMILES string of the molecule is O=C1CSc2ccc(CCN3CCC(C(=O)O)CC3)cc2N1. The molecule has 0 saturated carbocycles. The smallest absolute Gasteiger partial charge is 0.306 e. The monoisotopic (exact) mass is 320 g/mol. The van der Waals surface area contributed by atoms with Crippen LogP contribution in [0.3, 0.4) is 0 Å². The fourth-order valence-electron chi connectivity index (χ4n) is 2.98. The van der Waals surface area contributed by atoms with Gasteiger partial charge in [-0.15, -0.1) is 11.8 Å². The summed E-state index contributed by atoms with van der Waals surface area (Å²) in [5.41, 5.74) is 2.13. The number of anilines is 1. The Morgan fingerprint density at radius 3 is 2.86 bits per heavy atom. The van der Waals surface area contributed by atoms with Crippen LogP contribution < -0.4 is 5.32 Å². The molecule has 5 nitrogen and oxygen atoms in total. The van der Waals surface area contributed by atoms with Crippen molar-refractivity contribution in [3.05, 3.63) is 23.8 Å². The lowest BCUT2D eigenvalue weighted by atomic mass is 9.97. The highest BCUT2D eigenvalue weighted by molar-refractivity contribution is 8.00. The number of nitrogens with one attached hydrogen (secondary N) is 1. The van der Waals surface area contributed by atoms with Gasteiger partial charge in [0.05, 0.1) is 17.4 Å². The van der Waals surface area contributed by atoms with Gasteiger partial charge in [-0.3, -0.25) is 9.59 Å². The van der Waals surface area contributed by atoms with Gasteiger partial charge in [-0.25, -0.2) is 0 Å². The predicted octanol–water partition coefficient (Wildman–Crippen LogP) is 2.07. The third kappa shape index (κ3) is 3.62. The first-order valence-electron chi connectivity index (χ1n) is 7.62. The number of fused-ring (bicyclic) bond motifs is 1. The molecule has 1 saturated heterocycles. The first kappa shape index (κ1) is 15.4. The van der Waals surface area contributed by atoms with Crippen LogP contribution in [0, 0.1) is 5.92 Å². The summed E-state index contributed by atoms with van der Waals surface area (Å²) in [4.78, 5) is 25.8. The number of benzene rings is 1. The largest absolute Gasteiger partial charge is 0.481 e. The predicted molar refractivity (Wildman–Crippen MR) is 86.3 cm³/mol. The number of piperidine rings is 1. The Morgan fingerprint density at radius 2 is 2.14 bits per heavy atom. The molecular weight excluding hydrogens is 300 g/mol.